The van der Waals surface area contributed by atoms with E-state index in [4.69, 9.17) is 13.9 Å². The van der Waals surface area contributed by atoms with Crippen LogP contribution >= 0.6 is 0 Å². The van der Waals surface area contributed by atoms with Crippen molar-refractivity contribution in [1.29, 1.82) is 0 Å². The van der Waals surface area contributed by atoms with Crippen LogP contribution in [0.3, 0.4) is 0 Å². The van der Waals surface area contributed by atoms with Crippen LogP contribution in [0.1, 0.15) is 39.6 Å². The van der Waals surface area contributed by atoms with E-state index in [9.17, 15) is 4.79 Å². The molecule has 0 radical (unpaired) electrons. The fourth-order valence-corrected chi connectivity index (χ4v) is 3.43. The first-order chi connectivity index (χ1) is 13.8. The third-order valence-electron chi connectivity index (χ3n) is 4.82. The molecule has 0 aliphatic carbocycles. The van der Waals surface area contributed by atoms with Gasteiger partial charge in [-0.1, -0.05) is 0 Å². The highest BCUT2D eigenvalue weighted by atomic mass is 16.7. The number of nitrogens with one attached hydrogen (secondary N) is 2. The van der Waals surface area contributed by atoms with Crippen molar-refractivity contribution in [2.24, 2.45) is 0 Å². The highest BCUT2D eigenvalue weighted by Crippen LogP contribution is 2.27. The zero-order chi connectivity index (χ0) is 18.9. The van der Waals surface area contributed by atoms with Crippen molar-refractivity contribution in [2.45, 2.75) is 12.7 Å². The van der Waals surface area contributed by atoms with Gasteiger partial charge in [-0.2, -0.15) is 0 Å². The van der Waals surface area contributed by atoms with E-state index in [1.807, 2.05) is 42.5 Å². The molecule has 0 saturated carbocycles. The molecule has 1 amide bonds. The van der Waals surface area contributed by atoms with Crippen LogP contribution in [0.4, 0.5) is 0 Å². The lowest BCUT2D eigenvalue weighted by molar-refractivity contribution is -0.0589. The van der Waals surface area contributed by atoms with Gasteiger partial charge in [0.2, 0.25) is 6.29 Å². The number of fused-ring (bicyclic) bond motifs is 1. The number of pyridine rings is 1. The summed E-state index contributed by atoms with van der Waals surface area (Å²) in [4.78, 5) is 19.7. The zero-order valence-electron chi connectivity index (χ0n) is 15.1. The minimum atomic E-state index is -0.417. The molecule has 7 nitrogen and oxygen atoms in total. The molecule has 0 unspecified atom stereocenters. The van der Waals surface area contributed by atoms with Gasteiger partial charge < -0.3 is 24.2 Å². The summed E-state index contributed by atoms with van der Waals surface area (Å²) in [5.74, 6) is 1.34. The number of nitrogens with zero attached hydrogens (tertiary/aromatic N) is 1. The molecule has 5 heterocycles. The fraction of sp³-hybridized carbons (Fsp3) is 0.238. The number of aromatic nitrogens is 2. The molecular formula is C21H19N3O4. The highest BCUT2D eigenvalue weighted by Gasteiger charge is 2.21. The first-order valence-electron chi connectivity index (χ1n) is 9.24. The maximum Gasteiger partial charge on any atom is 0.253 e. The van der Waals surface area contributed by atoms with Crippen molar-refractivity contribution in [2.75, 3.05) is 19.8 Å². The van der Waals surface area contributed by atoms with E-state index >= 15 is 0 Å². The number of carbonyl (C=O) groups excluding carboxylic acids is 1. The Bertz CT molecular complexity index is 1040. The number of aromatic amines is 1. The molecule has 28 heavy (non-hydrogen) atoms. The molecule has 2 N–H and O–H groups in total. The third kappa shape index (κ3) is 3.26. The minimum absolute atomic E-state index is 0.0261. The molecule has 142 valence electrons. The van der Waals surface area contributed by atoms with E-state index in [1.54, 1.807) is 6.20 Å². The minimum Gasteiger partial charge on any atom is -0.456 e. The predicted molar refractivity (Wildman–Crippen MR) is 102 cm³/mol. The third-order valence-corrected chi connectivity index (χ3v) is 4.82. The molecular weight excluding hydrogens is 358 g/mol. The van der Waals surface area contributed by atoms with Crippen molar-refractivity contribution in [1.82, 2.24) is 15.3 Å². The van der Waals surface area contributed by atoms with Crippen LogP contribution in [0.5, 0.6) is 0 Å². The molecule has 2 aliphatic heterocycles. The lowest BCUT2D eigenvalue weighted by Crippen LogP contribution is -2.31. The van der Waals surface area contributed by atoms with Gasteiger partial charge in [0.15, 0.2) is 5.76 Å². The van der Waals surface area contributed by atoms with Gasteiger partial charge >= 0.3 is 0 Å². The topological polar surface area (TPSA) is 89.4 Å². The van der Waals surface area contributed by atoms with Crippen LogP contribution < -0.4 is 5.32 Å². The second-order valence-electron chi connectivity index (χ2n) is 6.70. The van der Waals surface area contributed by atoms with Crippen molar-refractivity contribution < 1.29 is 18.7 Å². The van der Waals surface area contributed by atoms with Gasteiger partial charge in [0.25, 0.3) is 5.91 Å². The Balaban J connectivity index is 1.36. The average molecular weight is 377 g/mol. The number of rotatable bonds is 4. The Morgan fingerprint density at radius 2 is 2.00 bits per heavy atom. The predicted octanol–water partition coefficient (Wildman–Crippen LogP) is 3.17. The monoisotopic (exact) mass is 377 g/mol. The van der Waals surface area contributed by atoms with Crippen LogP contribution in [0.15, 0.2) is 40.9 Å². The lowest BCUT2D eigenvalue weighted by atomic mass is 10.1. The molecule has 1 fully saturated rings. The Labute approximate surface area is 161 Å². The Morgan fingerprint density at radius 1 is 1.11 bits per heavy atom. The van der Waals surface area contributed by atoms with Gasteiger partial charge in [0, 0.05) is 36.1 Å². The van der Waals surface area contributed by atoms with E-state index in [0.29, 0.717) is 31.3 Å². The van der Waals surface area contributed by atoms with E-state index in [0.717, 1.165) is 34.6 Å². The highest BCUT2D eigenvalue weighted by molar-refractivity contribution is 5.97. The Kier molecular flexibility index (Phi) is 4.31. The second-order valence-corrected chi connectivity index (χ2v) is 6.70. The zero-order valence-corrected chi connectivity index (χ0v) is 15.1. The SMILES string of the molecule is O=C1NCCc2[nH]c(-c3ccnc(/C=C/c4ccc(C5OCCO5)o4)c3)cc21. The van der Waals surface area contributed by atoms with Gasteiger partial charge in [0.1, 0.15) is 5.76 Å². The molecule has 2 aliphatic rings. The van der Waals surface area contributed by atoms with Crippen molar-refractivity contribution in [3.05, 3.63) is 65.0 Å². The largest absolute Gasteiger partial charge is 0.456 e. The summed E-state index contributed by atoms with van der Waals surface area (Å²) in [5, 5.41) is 2.86. The molecule has 0 spiro atoms. The van der Waals surface area contributed by atoms with Gasteiger partial charge in [-0.05, 0) is 42.5 Å². The number of hydrogen-bond acceptors (Lipinski definition) is 5. The molecule has 0 atom stereocenters. The van der Waals surface area contributed by atoms with Crippen LogP contribution in [-0.4, -0.2) is 35.6 Å². The quantitative estimate of drug-likeness (QED) is 0.729. The standard InChI is InChI=1S/C21H19N3O4/c25-20-16-12-18(24-17(16)6-8-23-20)13-5-7-22-14(11-13)1-2-15-3-4-19(28-15)21-26-9-10-27-21/h1-5,7,11-12,21,24H,6,8-10H2,(H,23,25)/b2-1+. The maximum absolute atomic E-state index is 12.0. The molecule has 3 aromatic rings. The van der Waals surface area contributed by atoms with Crippen molar-refractivity contribution in [3.8, 4) is 11.3 Å². The van der Waals surface area contributed by atoms with Gasteiger partial charge in [-0.15, -0.1) is 0 Å². The van der Waals surface area contributed by atoms with Crippen LogP contribution in [0.25, 0.3) is 23.4 Å². The number of furan rings is 1. The molecule has 5 rings (SSSR count). The number of H-pyrrole nitrogens is 1. The summed E-state index contributed by atoms with van der Waals surface area (Å²) in [6.07, 6.45) is 5.90. The summed E-state index contributed by atoms with van der Waals surface area (Å²) in [5.41, 5.74) is 4.38. The summed E-state index contributed by atoms with van der Waals surface area (Å²) < 4.78 is 16.6. The summed E-state index contributed by atoms with van der Waals surface area (Å²) in [7, 11) is 0. The first kappa shape index (κ1) is 17.0. The van der Waals surface area contributed by atoms with E-state index in [1.165, 1.54) is 0 Å². The molecule has 1 saturated heterocycles. The molecule has 7 heteroatoms. The van der Waals surface area contributed by atoms with Crippen LogP contribution in [-0.2, 0) is 15.9 Å². The Hall–Kier alpha value is -3.16. The summed E-state index contributed by atoms with van der Waals surface area (Å²) in [6.45, 7) is 1.83. The summed E-state index contributed by atoms with van der Waals surface area (Å²) in [6, 6.07) is 9.52. The molecule has 3 aromatic heterocycles. The van der Waals surface area contributed by atoms with Crippen molar-refractivity contribution in [3.63, 3.8) is 0 Å². The summed E-state index contributed by atoms with van der Waals surface area (Å²) >= 11 is 0. The second kappa shape index (κ2) is 7.10. The lowest BCUT2D eigenvalue weighted by Gasteiger charge is -2.10. The first-order valence-corrected chi connectivity index (χ1v) is 9.24. The fourth-order valence-electron chi connectivity index (χ4n) is 3.43. The molecule has 0 aromatic carbocycles. The van der Waals surface area contributed by atoms with Crippen LogP contribution in [0.2, 0.25) is 0 Å². The Morgan fingerprint density at radius 3 is 2.86 bits per heavy atom. The smallest absolute Gasteiger partial charge is 0.253 e. The number of hydrogen-bond donors (Lipinski definition) is 2. The maximum atomic E-state index is 12.0. The van der Waals surface area contributed by atoms with Gasteiger partial charge in [-0.3, -0.25) is 9.78 Å². The van der Waals surface area contributed by atoms with Crippen molar-refractivity contribution >= 4 is 18.1 Å². The van der Waals surface area contributed by atoms with E-state index in [2.05, 4.69) is 15.3 Å². The normalized spacial score (nSPS) is 17.2. The number of amides is 1. The van der Waals surface area contributed by atoms with Gasteiger partial charge in [-0.25, -0.2) is 0 Å². The van der Waals surface area contributed by atoms with E-state index < -0.39 is 6.29 Å². The average Bonchev–Trinajstić information content (AvgIpc) is 3.46. The number of ether oxygens (including phenoxy) is 2. The number of carbonyl (C=O) groups is 1. The molecule has 0 bridgehead atoms. The van der Waals surface area contributed by atoms with Gasteiger partial charge in [0.05, 0.1) is 24.5 Å². The van der Waals surface area contributed by atoms with E-state index in [-0.39, 0.29) is 5.91 Å². The van der Waals surface area contributed by atoms with Crippen LogP contribution in [0, 0.1) is 0 Å².